The number of aliphatic imine (C=N–C) groups is 1. The van der Waals surface area contributed by atoms with E-state index in [1.165, 1.54) is 6.08 Å². The summed E-state index contributed by atoms with van der Waals surface area (Å²) in [5.74, 6) is 0.736. The molecular weight excluding hydrogens is 586 g/mol. The van der Waals surface area contributed by atoms with Crippen molar-refractivity contribution in [2.45, 2.75) is 0 Å². The molecule has 0 amide bonds. The van der Waals surface area contributed by atoms with Crippen LogP contribution < -0.4 is 18.9 Å². The van der Waals surface area contributed by atoms with Gasteiger partial charge in [-0.15, -0.1) is 0 Å². The fourth-order valence-electron chi connectivity index (χ4n) is 3.41. The first-order chi connectivity index (χ1) is 16.9. The fraction of sp³-hybridized carbons (Fsp3) is 0.0800. The predicted octanol–water partition coefficient (Wildman–Crippen LogP) is 5.51. The number of methoxy groups -OCH3 is 1. The predicted molar refractivity (Wildman–Crippen MR) is 133 cm³/mol. The molecular formula is C25H15Br2NO7. The third-order valence-corrected chi connectivity index (χ3v) is 6.12. The van der Waals surface area contributed by atoms with E-state index < -0.39 is 11.9 Å². The van der Waals surface area contributed by atoms with Crippen LogP contribution in [0.1, 0.15) is 21.5 Å². The van der Waals surface area contributed by atoms with E-state index in [9.17, 15) is 9.59 Å². The number of esters is 2. The lowest BCUT2D eigenvalue weighted by atomic mass is 10.1. The van der Waals surface area contributed by atoms with Gasteiger partial charge in [0.1, 0.15) is 5.75 Å². The monoisotopic (exact) mass is 599 g/mol. The molecule has 2 heterocycles. The Morgan fingerprint density at radius 2 is 1.89 bits per heavy atom. The summed E-state index contributed by atoms with van der Waals surface area (Å²) in [6.45, 7) is 0.0954. The normalized spacial score (nSPS) is 15.1. The Labute approximate surface area is 216 Å². The van der Waals surface area contributed by atoms with Crippen molar-refractivity contribution in [3.8, 4) is 23.0 Å². The number of cyclic esters (lactones) is 1. The molecule has 0 atom stereocenters. The molecule has 0 saturated carbocycles. The average Bonchev–Trinajstić information content (AvgIpc) is 3.47. The van der Waals surface area contributed by atoms with Crippen molar-refractivity contribution >= 4 is 55.8 Å². The van der Waals surface area contributed by atoms with Crippen LogP contribution in [0.25, 0.3) is 6.08 Å². The highest BCUT2D eigenvalue weighted by molar-refractivity contribution is 9.11. The Kier molecular flexibility index (Phi) is 6.31. The number of nitrogens with zero attached hydrogens (tertiary/aromatic N) is 1. The van der Waals surface area contributed by atoms with Gasteiger partial charge in [-0.05, 0) is 70.5 Å². The van der Waals surface area contributed by atoms with Crippen LogP contribution in [-0.4, -0.2) is 31.7 Å². The molecule has 0 aromatic heterocycles. The van der Waals surface area contributed by atoms with Crippen LogP contribution in [0.4, 0.5) is 0 Å². The lowest BCUT2D eigenvalue weighted by molar-refractivity contribution is -0.129. The standard InChI is InChI=1S/C25H15Br2NO7/c1-31-17-4-2-3-13(8-17)23-28-19(25(30)35-23)9-15-7-16(26)11-18(27)22(15)34-24(29)14-5-6-20-21(10-14)33-12-32-20/h2-11H,12H2,1H3/b19-9-. The summed E-state index contributed by atoms with van der Waals surface area (Å²) < 4.78 is 28.1. The van der Waals surface area contributed by atoms with Crippen LogP contribution in [0.3, 0.4) is 0 Å². The van der Waals surface area contributed by atoms with Crippen molar-refractivity contribution in [2.75, 3.05) is 13.9 Å². The second-order valence-electron chi connectivity index (χ2n) is 7.33. The van der Waals surface area contributed by atoms with Crippen molar-refractivity contribution in [1.29, 1.82) is 0 Å². The van der Waals surface area contributed by atoms with E-state index in [0.717, 1.165) is 0 Å². The first kappa shape index (κ1) is 23.1. The van der Waals surface area contributed by atoms with Crippen molar-refractivity contribution in [2.24, 2.45) is 4.99 Å². The molecule has 0 unspecified atom stereocenters. The second kappa shape index (κ2) is 9.55. The molecule has 5 rings (SSSR count). The van der Waals surface area contributed by atoms with Gasteiger partial charge >= 0.3 is 11.9 Å². The Morgan fingerprint density at radius 3 is 2.71 bits per heavy atom. The summed E-state index contributed by atoms with van der Waals surface area (Å²) in [6.07, 6.45) is 1.49. The van der Waals surface area contributed by atoms with Crippen LogP contribution in [-0.2, 0) is 9.53 Å². The summed E-state index contributed by atoms with van der Waals surface area (Å²) in [5, 5.41) is 0. The summed E-state index contributed by atoms with van der Waals surface area (Å²) in [6, 6.07) is 15.2. The summed E-state index contributed by atoms with van der Waals surface area (Å²) in [4.78, 5) is 29.8. The molecule has 2 aliphatic rings. The third-order valence-electron chi connectivity index (χ3n) is 5.07. The van der Waals surface area contributed by atoms with Gasteiger partial charge in [-0.25, -0.2) is 14.6 Å². The molecule has 3 aromatic carbocycles. The molecule has 35 heavy (non-hydrogen) atoms. The summed E-state index contributed by atoms with van der Waals surface area (Å²) in [7, 11) is 1.55. The van der Waals surface area contributed by atoms with Gasteiger partial charge in [-0.3, -0.25) is 0 Å². The summed E-state index contributed by atoms with van der Waals surface area (Å²) in [5.41, 5.74) is 1.35. The van der Waals surface area contributed by atoms with Gasteiger partial charge in [0.05, 0.1) is 17.1 Å². The molecule has 0 spiro atoms. The first-order valence-electron chi connectivity index (χ1n) is 10.2. The second-order valence-corrected chi connectivity index (χ2v) is 9.10. The highest BCUT2D eigenvalue weighted by Gasteiger charge is 2.26. The molecule has 0 aliphatic carbocycles. The van der Waals surface area contributed by atoms with Gasteiger partial charge < -0.3 is 23.7 Å². The molecule has 0 fully saturated rings. The molecule has 10 heteroatoms. The van der Waals surface area contributed by atoms with Gasteiger partial charge in [0.25, 0.3) is 0 Å². The number of carbonyl (C=O) groups excluding carboxylic acids is 2. The van der Waals surface area contributed by atoms with Crippen molar-refractivity contribution in [3.63, 3.8) is 0 Å². The molecule has 2 aliphatic heterocycles. The van der Waals surface area contributed by atoms with E-state index in [4.69, 9.17) is 23.7 Å². The Balaban J connectivity index is 1.48. The number of halogens is 2. The number of carbonyl (C=O) groups is 2. The van der Waals surface area contributed by atoms with Crippen molar-refractivity contribution < 1.29 is 33.3 Å². The minimum atomic E-state index is -0.632. The van der Waals surface area contributed by atoms with E-state index in [0.29, 0.717) is 37.3 Å². The molecule has 0 bridgehead atoms. The van der Waals surface area contributed by atoms with Gasteiger partial charge in [-0.2, -0.15) is 0 Å². The maximum absolute atomic E-state index is 12.9. The fourth-order valence-corrected chi connectivity index (χ4v) is 4.75. The molecule has 0 N–H and O–H groups in total. The Morgan fingerprint density at radius 1 is 1.06 bits per heavy atom. The zero-order valence-electron chi connectivity index (χ0n) is 18.0. The Hall–Kier alpha value is -3.63. The number of fused-ring (bicyclic) bond motifs is 1. The van der Waals surface area contributed by atoms with Gasteiger partial charge in [0.2, 0.25) is 12.7 Å². The van der Waals surface area contributed by atoms with E-state index in [1.54, 1.807) is 61.7 Å². The first-order valence-corrected chi connectivity index (χ1v) is 11.8. The maximum atomic E-state index is 12.9. The zero-order valence-corrected chi connectivity index (χ0v) is 21.2. The van der Waals surface area contributed by atoms with Gasteiger partial charge in [0.15, 0.2) is 22.9 Å². The largest absolute Gasteiger partial charge is 0.497 e. The van der Waals surface area contributed by atoms with Gasteiger partial charge in [-0.1, -0.05) is 22.0 Å². The molecule has 176 valence electrons. The number of benzene rings is 3. The van der Waals surface area contributed by atoms with Crippen LogP contribution in [0.15, 0.2) is 74.2 Å². The minimum absolute atomic E-state index is 0.0493. The van der Waals surface area contributed by atoms with Crippen LogP contribution in [0, 0.1) is 0 Å². The van der Waals surface area contributed by atoms with E-state index in [2.05, 4.69) is 36.9 Å². The highest BCUT2D eigenvalue weighted by Crippen LogP contribution is 2.37. The van der Waals surface area contributed by atoms with E-state index in [1.807, 2.05) is 0 Å². The molecule has 0 saturated heterocycles. The number of rotatable bonds is 5. The number of ether oxygens (including phenoxy) is 5. The molecule has 0 radical (unpaired) electrons. The van der Waals surface area contributed by atoms with Crippen LogP contribution in [0.2, 0.25) is 0 Å². The smallest absolute Gasteiger partial charge is 0.363 e. The maximum Gasteiger partial charge on any atom is 0.363 e. The minimum Gasteiger partial charge on any atom is -0.497 e. The lowest BCUT2D eigenvalue weighted by Gasteiger charge is -2.11. The van der Waals surface area contributed by atoms with Crippen molar-refractivity contribution in [3.05, 3.63) is 85.9 Å². The summed E-state index contributed by atoms with van der Waals surface area (Å²) >= 11 is 6.86. The zero-order chi connectivity index (χ0) is 24.5. The Bertz CT molecular complexity index is 1430. The SMILES string of the molecule is COc1cccc(C2=N/C(=C\c3cc(Br)cc(Br)c3OC(=O)c3ccc4c(c3)OCO4)C(=O)O2)c1. The van der Waals surface area contributed by atoms with E-state index >= 15 is 0 Å². The van der Waals surface area contributed by atoms with Gasteiger partial charge in [0, 0.05) is 15.6 Å². The quantitative estimate of drug-likeness (QED) is 0.216. The number of hydrogen-bond donors (Lipinski definition) is 0. The average molecular weight is 601 g/mol. The third kappa shape index (κ3) is 4.80. The van der Waals surface area contributed by atoms with E-state index in [-0.39, 0.29) is 29.7 Å². The molecule has 3 aromatic rings. The lowest BCUT2D eigenvalue weighted by Crippen LogP contribution is -2.10. The van der Waals surface area contributed by atoms with Crippen molar-refractivity contribution in [1.82, 2.24) is 0 Å². The molecule has 8 nitrogen and oxygen atoms in total. The van der Waals surface area contributed by atoms with Crippen LogP contribution in [0.5, 0.6) is 23.0 Å². The highest BCUT2D eigenvalue weighted by atomic mass is 79.9. The topological polar surface area (TPSA) is 92.7 Å². The number of hydrogen-bond acceptors (Lipinski definition) is 8. The van der Waals surface area contributed by atoms with Crippen LogP contribution >= 0.6 is 31.9 Å².